The van der Waals surface area contributed by atoms with Crippen LogP contribution < -0.4 is 10.0 Å². The number of nitrogens with one attached hydrogen (secondary N) is 2. The van der Waals surface area contributed by atoms with Crippen LogP contribution in [0.1, 0.15) is 63.1 Å². The van der Waals surface area contributed by atoms with Gasteiger partial charge in [0.1, 0.15) is 0 Å². The van der Waals surface area contributed by atoms with Gasteiger partial charge in [-0.05, 0) is 57.1 Å². The molecule has 0 saturated heterocycles. The van der Waals surface area contributed by atoms with Crippen LogP contribution >= 0.6 is 0 Å². The van der Waals surface area contributed by atoms with Gasteiger partial charge in [0.15, 0.2) is 0 Å². The van der Waals surface area contributed by atoms with Crippen molar-refractivity contribution in [3.05, 3.63) is 72.1 Å². The molecule has 2 aromatic rings. The molecule has 1 fully saturated rings. The van der Waals surface area contributed by atoms with E-state index in [1.54, 1.807) is 30.8 Å². The maximum atomic E-state index is 13.0. The molecular weight excluding hydrogens is 476 g/mol. The molecule has 2 aliphatic rings. The largest absolute Gasteiger partial charge is 0.388 e. The summed E-state index contributed by atoms with van der Waals surface area (Å²) in [7, 11) is -1.68. The van der Waals surface area contributed by atoms with Gasteiger partial charge < -0.3 is 10.4 Å². The Kier molecular flexibility index (Phi) is 7.82. The number of carbonyl (C=O) groups excluding carboxylic acids is 1. The van der Waals surface area contributed by atoms with Gasteiger partial charge in [0, 0.05) is 30.8 Å². The predicted octanol–water partition coefficient (Wildman–Crippen LogP) is 3.24. The number of hydrogen-bond donors (Lipinski definition) is 3. The molecule has 1 amide bonds. The van der Waals surface area contributed by atoms with Crippen LogP contribution in [0.5, 0.6) is 0 Å². The summed E-state index contributed by atoms with van der Waals surface area (Å²) in [6.07, 6.45) is 12.0. The van der Waals surface area contributed by atoms with Crippen molar-refractivity contribution in [2.75, 3.05) is 0 Å². The number of hydrogen-bond acceptors (Lipinski definition) is 5. The Bertz CT molecular complexity index is 1220. The molecule has 4 rings (SSSR count). The fourth-order valence-electron chi connectivity index (χ4n) is 4.98. The highest BCUT2D eigenvalue weighted by Gasteiger charge is 2.35. The number of aliphatic hydroxyl groups is 1. The lowest BCUT2D eigenvalue weighted by Crippen LogP contribution is -2.47. The fourth-order valence-corrected chi connectivity index (χ4v) is 6.49. The van der Waals surface area contributed by atoms with E-state index in [0.717, 1.165) is 16.7 Å². The molecule has 2 atom stereocenters. The Morgan fingerprint density at radius 3 is 2.42 bits per heavy atom. The second-order valence-corrected chi connectivity index (χ2v) is 12.3. The first-order chi connectivity index (χ1) is 17.0. The van der Waals surface area contributed by atoms with Gasteiger partial charge in [0.25, 0.3) is 0 Å². The Hall–Kier alpha value is -2.75. The number of aryl methyl sites for hydroxylation is 1. The molecule has 1 saturated carbocycles. The van der Waals surface area contributed by atoms with Gasteiger partial charge in [0.2, 0.25) is 15.9 Å². The summed E-state index contributed by atoms with van der Waals surface area (Å²) in [5.41, 5.74) is 1.66. The van der Waals surface area contributed by atoms with Crippen LogP contribution in [-0.2, 0) is 21.9 Å². The van der Waals surface area contributed by atoms with E-state index < -0.39 is 26.9 Å². The van der Waals surface area contributed by atoms with Crippen LogP contribution in [0.25, 0.3) is 5.57 Å². The number of aromatic nitrogens is 2. The maximum Gasteiger partial charge on any atom is 0.223 e. The van der Waals surface area contributed by atoms with E-state index in [4.69, 9.17) is 0 Å². The lowest BCUT2D eigenvalue weighted by molar-refractivity contribution is -0.128. The van der Waals surface area contributed by atoms with Gasteiger partial charge >= 0.3 is 0 Å². The lowest BCUT2D eigenvalue weighted by Gasteiger charge is -2.34. The van der Waals surface area contributed by atoms with E-state index >= 15 is 0 Å². The summed E-state index contributed by atoms with van der Waals surface area (Å²) in [6, 6.07) is 8.74. The minimum absolute atomic E-state index is 0.101. The van der Waals surface area contributed by atoms with Crippen molar-refractivity contribution in [3.63, 3.8) is 0 Å². The van der Waals surface area contributed by atoms with Gasteiger partial charge in [0.05, 0.1) is 23.1 Å². The summed E-state index contributed by atoms with van der Waals surface area (Å²) in [6.45, 7) is 3.37. The zero-order chi connectivity index (χ0) is 25.9. The van der Waals surface area contributed by atoms with E-state index in [-0.39, 0.29) is 17.9 Å². The number of allylic oxidation sites excluding steroid dienone is 3. The molecule has 3 N–H and O–H groups in total. The highest BCUT2D eigenvalue weighted by Crippen LogP contribution is 2.30. The molecule has 8 nitrogen and oxygen atoms in total. The number of nitrogens with zero attached hydrogens (tertiary/aromatic N) is 2. The van der Waals surface area contributed by atoms with Crippen molar-refractivity contribution >= 4 is 21.5 Å². The summed E-state index contributed by atoms with van der Waals surface area (Å²) in [5, 5.41) is 17.2. The van der Waals surface area contributed by atoms with Crippen molar-refractivity contribution < 1.29 is 18.3 Å². The topological polar surface area (TPSA) is 113 Å². The van der Waals surface area contributed by atoms with Crippen LogP contribution in [0.15, 0.2) is 61.0 Å². The normalized spacial score (nSPS) is 23.7. The van der Waals surface area contributed by atoms with Gasteiger partial charge in [-0.15, -0.1) is 0 Å². The Morgan fingerprint density at radius 1 is 1.17 bits per heavy atom. The molecule has 0 spiro atoms. The maximum absolute atomic E-state index is 13.0. The Morgan fingerprint density at radius 2 is 1.86 bits per heavy atom. The number of amides is 1. The molecule has 2 aliphatic carbocycles. The van der Waals surface area contributed by atoms with Crippen LogP contribution in [-0.4, -0.2) is 46.1 Å². The number of rotatable bonds is 8. The van der Waals surface area contributed by atoms with Crippen molar-refractivity contribution in [1.82, 2.24) is 19.8 Å². The van der Waals surface area contributed by atoms with E-state index in [2.05, 4.69) is 15.1 Å². The highest BCUT2D eigenvalue weighted by atomic mass is 32.2. The molecule has 1 aromatic heterocycles. The number of benzene rings is 1. The van der Waals surface area contributed by atoms with Crippen molar-refractivity contribution in [1.29, 1.82) is 0 Å². The second kappa shape index (κ2) is 10.7. The zero-order valence-corrected chi connectivity index (χ0v) is 21.9. The van der Waals surface area contributed by atoms with Crippen LogP contribution in [0.2, 0.25) is 0 Å². The highest BCUT2D eigenvalue weighted by molar-refractivity contribution is 7.90. The van der Waals surface area contributed by atoms with Gasteiger partial charge in [-0.2, -0.15) is 5.10 Å². The first-order valence-electron chi connectivity index (χ1n) is 12.5. The molecule has 0 aliphatic heterocycles. The molecule has 1 aromatic carbocycles. The third-order valence-electron chi connectivity index (χ3n) is 7.05. The average molecular weight is 513 g/mol. The monoisotopic (exact) mass is 512 g/mol. The standard InChI is InChI=1S/C27H36N4O4S/c1-27(2,33)25(20-7-5-4-6-8-20)29-26(32)21-9-13-23(14-10-21)30-36(34,35)24-15-11-19(12-16-24)22-17-28-31(3)18-22/h4-8,11-12,15,17-18,21,23-25,30,33H,9-10,13-14,16H2,1-3H3,(H,29,32)/t21-,23-,24?,25-/m0/s1. The van der Waals surface area contributed by atoms with Crippen LogP contribution in [0, 0.1) is 5.92 Å². The summed E-state index contributed by atoms with van der Waals surface area (Å²) >= 11 is 0. The van der Waals surface area contributed by atoms with E-state index in [0.29, 0.717) is 32.1 Å². The molecular formula is C27H36N4O4S. The lowest BCUT2D eigenvalue weighted by atomic mass is 9.84. The van der Waals surface area contributed by atoms with E-state index in [1.807, 2.05) is 55.7 Å². The minimum atomic E-state index is -3.53. The third kappa shape index (κ3) is 6.32. The van der Waals surface area contributed by atoms with Crippen molar-refractivity contribution in [2.24, 2.45) is 13.0 Å². The van der Waals surface area contributed by atoms with E-state index in [1.165, 1.54) is 0 Å². The van der Waals surface area contributed by atoms with Crippen molar-refractivity contribution in [2.45, 2.75) is 68.9 Å². The molecule has 1 unspecified atom stereocenters. The van der Waals surface area contributed by atoms with Crippen LogP contribution in [0.4, 0.5) is 0 Å². The van der Waals surface area contributed by atoms with E-state index in [9.17, 15) is 18.3 Å². The van der Waals surface area contributed by atoms with Gasteiger partial charge in [-0.1, -0.05) is 48.6 Å². The van der Waals surface area contributed by atoms with Gasteiger partial charge in [-0.25, -0.2) is 13.1 Å². The molecule has 0 bridgehead atoms. The SMILES string of the molecule is Cn1cc(C2=CCC(S(=O)(=O)N[C@H]3CC[C@H](C(=O)N[C@@H](c4ccccc4)C(C)(C)O)CC3)C=C2)cn1. The third-order valence-corrected chi connectivity index (χ3v) is 8.86. The first kappa shape index (κ1) is 26.3. The molecule has 36 heavy (non-hydrogen) atoms. The Labute approximate surface area is 213 Å². The average Bonchev–Trinajstić information content (AvgIpc) is 3.29. The van der Waals surface area contributed by atoms with Crippen molar-refractivity contribution in [3.8, 4) is 0 Å². The zero-order valence-electron chi connectivity index (χ0n) is 21.1. The molecule has 194 valence electrons. The first-order valence-corrected chi connectivity index (χ1v) is 14.0. The predicted molar refractivity (Wildman–Crippen MR) is 140 cm³/mol. The number of carbonyl (C=O) groups is 1. The fraction of sp³-hybridized carbons (Fsp3) is 0.481. The molecule has 1 heterocycles. The quantitative estimate of drug-likeness (QED) is 0.503. The summed E-state index contributed by atoms with van der Waals surface area (Å²) < 4.78 is 30.6. The second-order valence-electron chi connectivity index (χ2n) is 10.4. The summed E-state index contributed by atoms with van der Waals surface area (Å²) in [4.78, 5) is 13.0. The minimum Gasteiger partial charge on any atom is -0.388 e. The molecule has 0 radical (unpaired) electrons. The number of sulfonamides is 1. The van der Waals surface area contributed by atoms with Crippen LogP contribution in [0.3, 0.4) is 0 Å². The van der Waals surface area contributed by atoms with Gasteiger partial charge in [-0.3, -0.25) is 9.48 Å². The Balaban J connectivity index is 1.30. The molecule has 9 heteroatoms. The smallest absolute Gasteiger partial charge is 0.223 e. The summed E-state index contributed by atoms with van der Waals surface area (Å²) in [5.74, 6) is -0.311.